The average Bonchev–Trinajstić information content (AvgIpc) is 2.82. The first-order valence-electron chi connectivity index (χ1n) is 10.8. The molecule has 4 heteroatoms. The fourth-order valence-electron chi connectivity index (χ4n) is 3.97. The van der Waals surface area contributed by atoms with Crippen molar-refractivity contribution < 1.29 is 18.9 Å². The van der Waals surface area contributed by atoms with Crippen LogP contribution in [0.3, 0.4) is 0 Å². The van der Waals surface area contributed by atoms with Gasteiger partial charge in [0.15, 0.2) is 0 Å². The molecule has 162 valence electrons. The molecular formula is C28H26O4. The molecule has 0 aromatic heterocycles. The van der Waals surface area contributed by atoms with E-state index >= 15 is 0 Å². The largest absolute Gasteiger partial charge is 0.497 e. The van der Waals surface area contributed by atoms with Crippen molar-refractivity contribution in [3.05, 3.63) is 95.1 Å². The molecule has 32 heavy (non-hydrogen) atoms. The number of ether oxygens (including phenoxy) is 4. The smallest absolute Gasteiger partial charge is 0.146 e. The van der Waals surface area contributed by atoms with Crippen molar-refractivity contribution in [3.8, 4) is 23.0 Å². The molecule has 0 saturated heterocycles. The van der Waals surface area contributed by atoms with E-state index in [1.54, 1.807) is 7.11 Å². The van der Waals surface area contributed by atoms with E-state index in [2.05, 4.69) is 24.3 Å². The standard InChI is InChI=1S/C28H26O4/c1-28(2)16-15-23-25(32-28)14-10-20-9-13-24(31-27(20)23)22-12-11-21(29-3)17-26(22)30-18-19-7-5-4-6-8-19/h4-17,24H,18H2,1-3H3. The highest BCUT2D eigenvalue weighted by Gasteiger charge is 2.28. The molecule has 0 bridgehead atoms. The molecule has 0 saturated carbocycles. The first-order chi connectivity index (χ1) is 15.5. The van der Waals surface area contributed by atoms with Crippen LogP contribution in [-0.2, 0) is 6.61 Å². The summed E-state index contributed by atoms with van der Waals surface area (Å²) in [4.78, 5) is 0. The fraction of sp³-hybridized carbons (Fsp3) is 0.214. The lowest BCUT2D eigenvalue weighted by Gasteiger charge is -2.31. The minimum absolute atomic E-state index is 0.283. The number of rotatable bonds is 5. The van der Waals surface area contributed by atoms with Crippen LogP contribution >= 0.6 is 0 Å². The third-order valence-electron chi connectivity index (χ3n) is 5.67. The van der Waals surface area contributed by atoms with E-state index < -0.39 is 0 Å². The second-order valence-corrected chi connectivity index (χ2v) is 8.51. The quantitative estimate of drug-likeness (QED) is 0.460. The third-order valence-corrected chi connectivity index (χ3v) is 5.67. The van der Waals surface area contributed by atoms with Crippen molar-refractivity contribution in [2.45, 2.75) is 32.2 Å². The molecule has 1 atom stereocenters. The van der Waals surface area contributed by atoms with Crippen LogP contribution in [0.15, 0.2) is 72.8 Å². The van der Waals surface area contributed by atoms with Crippen LogP contribution in [0.2, 0.25) is 0 Å². The first-order valence-corrected chi connectivity index (χ1v) is 10.8. The van der Waals surface area contributed by atoms with Crippen molar-refractivity contribution in [2.75, 3.05) is 7.11 Å². The molecule has 0 amide bonds. The van der Waals surface area contributed by atoms with Crippen molar-refractivity contribution in [1.29, 1.82) is 0 Å². The van der Waals surface area contributed by atoms with E-state index in [0.29, 0.717) is 6.61 Å². The Morgan fingerprint density at radius 1 is 0.969 bits per heavy atom. The molecule has 3 aromatic rings. The summed E-state index contributed by atoms with van der Waals surface area (Å²) in [6.45, 7) is 4.56. The van der Waals surface area contributed by atoms with Gasteiger partial charge in [-0.2, -0.15) is 0 Å². The van der Waals surface area contributed by atoms with Crippen molar-refractivity contribution >= 4 is 12.2 Å². The van der Waals surface area contributed by atoms with E-state index in [1.807, 2.05) is 74.5 Å². The van der Waals surface area contributed by atoms with Gasteiger partial charge in [0, 0.05) is 17.2 Å². The maximum atomic E-state index is 6.51. The summed E-state index contributed by atoms with van der Waals surface area (Å²) in [6.07, 6.45) is 8.03. The lowest BCUT2D eigenvalue weighted by Crippen LogP contribution is -2.27. The molecule has 2 heterocycles. The van der Waals surface area contributed by atoms with Gasteiger partial charge in [0.05, 0.1) is 12.7 Å². The number of hydrogen-bond donors (Lipinski definition) is 0. The van der Waals surface area contributed by atoms with Gasteiger partial charge in [0.1, 0.15) is 41.3 Å². The lowest BCUT2D eigenvalue weighted by molar-refractivity contribution is 0.157. The van der Waals surface area contributed by atoms with Gasteiger partial charge in [-0.3, -0.25) is 0 Å². The number of benzene rings is 3. The normalized spacial score (nSPS) is 17.5. The molecule has 0 N–H and O–H groups in total. The Balaban J connectivity index is 1.47. The van der Waals surface area contributed by atoms with Gasteiger partial charge >= 0.3 is 0 Å². The molecule has 2 aliphatic rings. The highest BCUT2D eigenvalue weighted by Crippen LogP contribution is 2.45. The number of methoxy groups -OCH3 is 1. The molecule has 0 radical (unpaired) electrons. The van der Waals surface area contributed by atoms with Gasteiger partial charge in [0.2, 0.25) is 0 Å². The summed E-state index contributed by atoms with van der Waals surface area (Å²) in [5, 5.41) is 0. The minimum atomic E-state index is -0.334. The number of hydrogen-bond acceptors (Lipinski definition) is 4. The molecule has 0 fully saturated rings. The highest BCUT2D eigenvalue weighted by molar-refractivity contribution is 5.75. The second-order valence-electron chi connectivity index (χ2n) is 8.51. The highest BCUT2D eigenvalue weighted by atomic mass is 16.5. The van der Waals surface area contributed by atoms with Crippen molar-refractivity contribution in [1.82, 2.24) is 0 Å². The zero-order valence-corrected chi connectivity index (χ0v) is 18.5. The zero-order chi connectivity index (χ0) is 22.1. The summed E-state index contributed by atoms with van der Waals surface area (Å²) < 4.78 is 24.3. The van der Waals surface area contributed by atoms with E-state index in [1.165, 1.54) is 0 Å². The molecule has 1 unspecified atom stereocenters. The number of fused-ring (bicyclic) bond motifs is 3. The Kier molecular flexibility index (Phi) is 5.14. The Hall–Kier alpha value is -3.66. The summed E-state index contributed by atoms with van der Waals surface area (Å²) in [7, 11) is 1.66. The Bertz CT molecular complexity index is 1190. The molecule has 0 spiro atoms. The Labute approximate surface area is 188 Å². The lowest BCUT2D eigenvalue weighted by atomic mass is 9.97. The monoisotopic (exact) mass is 426 g/mol. The van der Waals surface area contributed by atoms with Crippen molar-refractivity contribution in [2.24, 2.45) is 0 Å². The minimum Gasteiger partial charge on any atom is -0.497 e. The van der Waals surface area contributed by atoms with E-state index in [4.69, 9.17) is 18.9 Å². The molecule has 3 aromatic carbocycles. The van der Waals surface area contributed by atoms with Crippen LogP contribution in [0.5, 0.6) is 23.0 Å². The molecular weight excluding hydrogens is 400 g/mol. The Morgan fingerprint density at radius 3 is 2.62 bits per heavy atom. The molecule has 5 rings (SSSR count). The van der Waals surface area contributed by atoms with Gasteiger partial charge < -0.3 is 18.9 Å². The predicted octanol–water partition coefficient (Wildman–Crippen LogP) is 6.61. The van der Waals surface area contributed by atoms with Crippen LogP contribution in [0, 0.1) is 0 Å². The van der Waals surface area contributed by atoms with Crippen LogP contribution in [0.25, 0.3) is 12.2 Å². The summed E-state index contributed by atoms with van der Waals surface area (Å²) in [6, 6.07) is 20.0. The Morgan fingerprint density at radius 2 is 1.81 bits per heavy atom. The first kappa shape index (κ1) is 20.3. The van der Waals surface area contributed by atoms with Gasteiger partial charge in [0.25, 0.3) is 0 Å². The van der Waals surface area contributed by atoms with Crippen LogP contribution < -0.4 is 18.9 Å². The van der Waals surface area contributed by atoms with Gasteiger partial charge in [-0.05, 0) is 61.9 Å². The topological polar surface area (TPSA) is 36.9 Å². The maximum absolute atomic E-state index is 6.51. The van der Waals surface area contributed by atoms with Crippen LogP contribution in [-0.4, -0.2) is 12.7 Å². The SMILES string of the molecule is COc1ccc(C2C=Cc3ccc4c(c3O2)C=CC(C)(C)O4)c(OCc2ccccc2)c1. The second kappa shape index (κ2) is 8.12. The van der Waals surface area contributed by atoms with Gasteiger partial charge in [-0.1, -0.05) is 36.4 Å². The predicted molar refractivity (Wildman–Crippen MR) is 126 cm³/mol. The van der Waals surface area contributed by atoms with E-state index in [0.717, 1.165) is 45.3 Å². The van der Waals surface area contributed by atoms with E-state index in [9.17, 15) is 0 Å². The molecule has 4 nitrogen and oxygen atoms in total. The summed E-state index contributed by atoms with van der Waals surface area (Å²) >= 11 is 0. The van der Waals surface area contributed by atoms with Gasteiger partial charge in [-0.15, -0.1) is 0 Å². The van der Waals surface area contributed by atoms with Gasteiger partial charge in [-0.25, -0.2) is 0 Å². The molecule has 0 aliphatic carbocycles. The van der Waals surface area contributed by atoms with Crippen LogP contribution in [0.1, 0.15) is 42.2 Å². The van der Waals surface area contributed by atoms with Crippen LogP contribution in [0.4, 0.5) is 0 Å². The molecule has 2 aliphatic heterocycles. The average molecular weight is 427 g/mol. The van der Waals surface area contributed by atoms with E-state index in [-0.39, 0.29) is 11.7 Å². The zero-order valence-electron chi connectivity index (χ0n) is 18.5. The fourth-order valence-corrected chi connectivity index (χ4v) is 3.97. The maximum Gasteiger partial charge on any atom is 0.146 e. The summed E-state index contributed by atoms with van der Waals surface area (Å²) in [5.74, 6) is 3.14. The third kappa shape index (κ3) is 3.96. The van der Waals surface area contributed by atoms with Crippen molar-refractivity contribution in [3.63, 3.8) is 0 Å². The summed E-state index contributed by atoms with van der Waals surface area (Å²) in [5.41, 5.74) is 3.72.